The Morgan fingerprint density at radius 2 is 2.22 bits per heavy atom. The van der Waals surface area contributed by atoms with E-state index in [2.05, 4.69) is 6.58 Å². The molecule has 4 heteroatoms. The minimum absolute atomic E-state index is 0.202. The van der Waals surface area contributed by atoms with Crippen LogP contribution >= 0.6 is 0 Å². The number of aliphatic hydroxyl groups excluding tert-OH is 1. The molecule has 4 nitrogen and oxygen atoms in total. The third kappa shape index (κ3) is 5.45. The van der Waals surface area contributed by atoms with Gasteiger partial charge in [0.25, 0.3) is 0 Å². The maximum absolute atomic E-state index is 10.5. The second kappa shape index (κ2) is 4.46. The lowest BCUT2D eigenvalue weighted by Crippen LogP contribution is -3.08. The van der Waals surface area contributed by atoms with E-state index in [1.807, 2.05) is 0 Å². The minimum atomic E-state index is -1.52. The molecule has 0 bridgehead atoms. The molecule has 0 spiro atoms. The van der Waals surface area contributed by atoms with E-state index in [0.29, 0.717) is 0 Å². The van der Waals surface area contributed by atoms with Gasteiger partial charge in [0.05, 0.1) is 6.54 Å². The minimum Gasteiger partial charge on any atom is -0.634 e. The van der Waals surface area contributed by atoms with Crippen LogP contribution in [0.2, 0.25) is 0 Å². The van der Waals surface area contributed by atoms with Gasteiger partial charge < -0.3 is 20.5 Å². The van der Waals surface area contributed by atoms with Crippen molar-refractivity contribution in [3.05, 3.63) is 17.9 Å². The van der Waals surface area contributed by atoms with Crippen molar-refractivity contribution in [1.82, 2.24) is 0 Å². The SMILES string of the molecule is C=CC[NH+]([O-])CC(O)O. The highest BCUT2D eigenvalue weighted by atomic mass is 16.5. The van der Waals surface area contributed by atoms with Crippen LogP contribution in [0.1, 0.15) is 0 Å². The molecule has 0 heterocycles. The van der Waals surface area contributed by atoms with Gasteiger partial charge >= 0.3 is 0 Å². The number of aliphatic hydroxyl groups is 2. The molecule has 0 rings (SSSR count). The van der Waals surface area contributed by atoms with Crippen molar-refractivity contribution in [1.29, 1.82) is 0 Å². The fraction of sp³-hybridized carbons (Fsp3) is 0.600. The number of hydrogen-bond donors (Lipinski definition) is 3. The van der Waals surface area contributed by atoms with Crippen molar-refractivity contribution in [2.24, 2.45) is 0 Å². The van der Waals surface area contributed by atoms with Crippen molar-refractivity contribution in [3.63, 3.8) is 0 Å². The Kier molecular flexibility index (Phi) is 4.25. The summed E-state index contributed by atoms with van der Waals surface area (Å²) >= 11 is 0. The van der Waals surface area contributed by atoms with Crippen LogP contribution in [0.25, 0.3) is 0 Å². The number of hydroxylamine groups is 2. The van der Waals surface area contributed by atoms with Crippen LogP contribution in [0.4, 0.5) is 0 Å². The predicted molar refractivity (Wildman–Crippen MR) is 32.5 cm³/mol. The molecule has 0 amide bonds. The van der Waals surface area contributed by atoms with E-state index in [1.165, 1.54) is 6.08 Å². The number of hydrogen-bond acceptors (Lipinski definition) is 3. The normalized spacial score (nSPS) is 13.8. The zero-order valence-electron chi connectivity index (χ0n) is 5.08. The van der Waals surface area contributed by atoms with E-state index in [1.54, 1.807) is 0 Å². The summed E-state index contributed by atoms with van der Waals surface area (Å²) in [7, 11) is 0. The Hall–Kier alpha value is -0.420. The zero-order chi connectivity index (χ0) is 7.28. The van der Waals surface area contributed by atoms with Gasteiger partial charge in [-0.2, -0.15) is 0 Å². The van der Waals surface area contributed by atoms with E-state index < -0.39 is 6.29 Å². The predicted octanol–water partition coefficient (Wildman–Crippen LogP) is -2.13. The lowest BCUT2D eigenvalue weighted by molar-refractivity contribution is -0.848. The Bertz CT molecular complexity index is 84.3. The van der Waals surface area contributed by atoms with Crippen molar-refractivity contribution in [2.45, 2.75) is 6.29 Å². The van der Waals surface area contributed by atoms with Crippen LogP contribution in [0, 0.1) is 5.21 Å². The van der Waals surface area contributed by atoms with E-state index in [0.717, 1.165) is 0 Å². The smallest absolute Gasteiger partial charge is 0.202 e. The maximum Gasteiger partial charge on any atom is 0.202 e. The topological polar surface area (TPSA) is 68.0 Å². The molecule has 0 aromatic heterocycles. The molecule has 0 radical (unpaired) electrons. The molecule has 1 atom stereocenters. The number of quaternary nitrogens is 1. The van der Waals surface area contributed by atoms with Crippen molar-refractivity contribution < 1.29 is 15.3 Å². The van der Waals surface area contributed by atoms with Crippen LogP contribution in [0.15, 0.2) is 12.7 Å². The Labute approximate surface area is 53.6 Å². The molecule has 0 fully saturated rings. The first-order valence-corrected chi connectivity index (χ1v) is 2.65. The largest absolute Gasteiger partial charge is 0.634 e. The summed E-state index contributed by atoms with van der Waals surface area (Å²) in [5.41, 5.74) is 0. The van der Waals surface area contributed by atoms with E-state index in [4.69, 9.17) is 10.2 Å². The number of rotatable bonds is 4. The van der Waals surface area contributed by atoms with Gasteiger partial charge in [-0.25, -0.2) is 0 Å². The first kappa shape index (κ1) is 8.58. The molecule has 0 aromatic rings. The Morgan fingerprint density at radius 3 is 2.56 bits per heavy atom. The molecule has 1 unspecified atom stereocenters. The average Bonchev–Trinajstić information content (AvgIpc) is 1.63. The monoisotopic (exact) mass is 133 g/mol. The van der Waals surface area contributed by atoms with Crippen LogP contribution in [-0.4, -0.2) is 29.6 Å². The van der Waals surface area contributed by atoms with Gasteiger partial charge in [0, 0.05) is 0 Å². The summed E-state index contributed by atoms with van der Waals surface area (Å²) in [5, 5.41) is 26.8. The van der Waals surface area contributed by atoms with Gasteiger partial charge in [0.1, 0.15) is 6.54 Å². The molecular weight excluding hydrogens is 122 g/mol. The molecule has 0 aliphatic carbocycles. The summed E-state index contributed by atoms with van der Waals surface area (Å²) in [6.07, 6.45) is -0.0810. The molecule has 0 aliphatic heterocycles. The van der Waals surface area contributed by atoms with Crippen molar-refractivity contribution in [2.75, 3.05) is 13.1 Å². The standard InChI is InChI=1S/C5H11NO3/c1-2-3-6(9)4-5(7)8/h2,5-8H,1,3-4H2. The maximum atomic E-state index is 10.5. The molecule has 0 saturated carbocycles. The third-order valence-corrected chi connectivity index (χ3v) is 0.782. The Morgan fingerprint density at radius 1 is 1.67 bits per heavy atom. The molecule has 3 N–H and O–H groups in total. The molecule has 0 saturated heterocycles. The highest BCUT2D eigenvalue weighted by molar-refractivity contribution is 4.62. The summed E-state index contributed by atoms with van der Waals surface area (Å²) in [6.45, 7) is 3.33. The van der Waals surface area contributed by atoms with Crippen molar-refractivity contribution >= 4 is 0 Å². The highest BCUT2D eigenvalue weighted by Crippen LogP contribution is 1.62. The summed E-state index contributed by atoms with van der Waals surface area (Å²) in [6, 6.07) is 0. The zero-order valence-corrected chi connectivity index (χ0v) is 5.08. The van der Waals surface area contributed by atoms with Gasteiger partial charge in [-0.05, 0) is 6.08 Å². The Balaban J connectivity index is 3.25. The van der Waals surface area contributed by atoms with Crippen LogP contribution in [0.5, 0.6) is 0 Å². The second-order valence-electron chi connectivity index (χ2n) is 1.72. The first-order chi connectivity index (χ1) is 4.16. The van der Waals surface area contributed by atoms with Gasteiger partial charge in [-0.15, -0.1) is 0 Å². The van der Waals surface area contributed by atoms with Crippen LogP contribution in [-0.2, 0) is 0 Å². The average molecular weight is 133 g/mol. The summed E-state index contributed by atoms with van der Waals surface area (Å²) in [5.74, 6) is 0. The van der Waals surface area contributed by atoms with E-state index in [9.17, 15) is 5.21 Å². The fourth-order valence-corrected chi connectivity index (χ4v) is 0.448. The molecule has 0 aromatic carbocycles. The highest BCUT2D eigenvalue weighted by Gasteiger charge is 2.00. The molecule has 9 heavy (non-hydrogen) atoms. The van der Waals surface area contributed by atoms with Gasteiger partial charge in [0.2, 0.25) is 6.29 Å². The van der Waals surface area contributed by atoms with Gasteiger partial charge in [-0.3, -0.25) is 0 Å². The lowest BCUT2D eigenvalue weighted by Gasteiger charge is -2.20. The van der Waals surface area contributed by atoms with E-state index in [-0.39, 0.29) is 18.2 Å². The quantitative estimate of drug-likeness (QED) is 0.233. The fourth-order valence-electron chi connectivity index (χ4n) is 0.448. The van der Waals surface area contributed by atoms with Crippen LogP contribution in [0.3, 0.4) is 0 Å². The lowest BCUT2D eigenvalue weighted by atomic mass is 10.5. The second-order valence-corrected chi connectivity index (χ2v) is 1.72. The van der Waals surface area contributed by atoms with Crippen molar-refractivity contribution in [3.8, 4) is 0 Å². The van der Waals surface area contributed by atoms with Gasteiger partial charge in [0.15, 0.2) is 0 Å². The summed E-state index contributed by atoms with van der Waals surface area (Å²) < 4.78 is 0. The molecular formula is C5H11NO3. The number of nitrogens with one attached hydrogen (secondary N) is 1. The molecule has 54 valence electrons. The van der Waals surface area contributed by atoms with Crippen LogP contribution < -0.4 is 5.06 Å². The first-order valence-electron chi connectivity index (χ1n) is 2.65. The summed E-state index contributed by atoms with van der Waals surface area (Å²) in [4.78, 5) is 0. The third-order valence-electron chi connectivity index (χ3n) is 0.782. The van der Waals surface area contributed by atoms with E-state index >= 15 is 0 Å². The van der Waals surface area contributed by atoms with Gasteiger partial charge in [-0.1, -0.05) is 6.58 Å². The molecule has 0 aliphatic rings.